The largest absolute Gasteiger partial charge is 0.366 e. The minimum Gasteiger partial charge on any atom is -0.366 e. The van der Waals surface area contributed by atoms with Gasteiger partial charge < -0.3 is 4.74 Å². The Labute approximate surface area is 166 Å². The Morgan fingerprint density at radius 2 is 1.75 bits per heavy atom. The van der Waals surface area contributed by atoms with E-state index in [1.807, 2.05) is 42.5 Å². The molecule has 4 bridgehead atoms. The van der Waals surface area contributed by atoms with E-state index < -0.39 is 16.4 Å². The monoisotopic (exact) mass is 374 g/mol. The smallest absolute Gasteiger partial charge is 0.189 e. The van der Waals surface area contributed by atoms with Crippen molar-refractivity contribution >= 4 is 11.6 Å². The molecule has 1 heterocycles. The summed E-state index contributed by atoms with van der Waals surface area (Å²) in [5.41, 5.74) is -1.12. The van der Waals surface area contributed by atoms with Gasteiger partial charge in [0, 0.05) is 23.0 Å². The zero-order valence-corrected chi connectivity index (χ0v) is 16.2. The summed E-state index contributed by atoms with van der Waals surface area (Å²) >= 11 is 0. The Morgan fingerprint density at radius 3 is 2.39 bits per heavy atom. The third kappa shape index (κ3) is 2.14. The number of rotatable bonds is 8. The molecule has 5 rings (SSSR count). The Hall–Kier alpha value is -2.52. The molecule has 144 valence electrons. The number of hydrogen-bond donors (Lipinski definition) is 0. The van der Waals surface area contributed by atoms with Crippen LogP contribution in [0.1, 0.15) is 36.0 Å². The number of carbonyl (C=O) groups is 2. The van der Waals surface area contributed by atoms with E-state index in [9.17, 15) is 9.59 Å². The maximum absolute atomic E-state index is 13.8. The number of Topliss-reactive ketones (excluding diaryl/α,β-unsaturated/α-hetero) is 2. The van der Waals surface area contributed by atoms with Crippen molar-refractivity contribution in [3.8, 4) is 0 Å². The van der Waals surface area contributed by atoms with Gasteiger partial charge in [0.25, 0.3) is 0 Å². The quantitative estimate of drug-likeness (QED) is 0.482. The molecule has 0 amide bonds. The van der Waals surface area contributed by atoms with Gasteiger partial charge in [-0.05, 0) is 25.2 Å². The van der Waals surface area contributed by atoms with Crippen LogP contribution in [0.25, 0.3) is 0 Å². The Balaban J connectivity index is 2.00. The molecule has 1 saturated heterocycles. The number of allylic oxidation sites excluding steroid dienone is 3. The fourth-order valence-electron chi connectivity index (χ4n) is 5.96. The highest BCUT2D eigenvalue weighted by atomic mass is 16.5. The Bertz CT molecular complexity index is 896. The van der Waals surface area contributed by atoms with E-state index in [4.69, 9.17) is 4.74 Å². The predicted molar refractivity (Wildman–Crippen MR) is 110 cm³/mol. The average Bonchev–Trinajstić information content (AvgIpc) is 2.96. The SMILES string of the molecule is C=CCC12C=C(C(=O)c3ccccc3)C3(CC=C)C(COC3(CC=C)C1=O)C2. The molecule has 1 aromatic rings. The fourth-order valence-corrected chi connectivity index (χ4v) is 5.96. The third-order valence-corrected chi connectivity index (χ3v) is 6.97. The second-order valence-electron chi connectivity index (χ2n) is 8.23. The summed E-state index contributed by atoms with van der Waals surface area (Å²) in [4.78, 5) is 27.5. The van der Waals surface area contributed by atoms with Gasteiger partial charge >= 0.3 is 0 Å². The molecule has 2 fully saturated rings. The second-order valence-corrected chi connectivity index (χ2v) is 8.23. The molecule has 0 radical (unpaired) electrons. The van der Waals surface area contributed by atoms with Crippen LogP contribution in [-0.4, -0.2) is 23.8 Å². The van der Waals surface area contributed by atoms with Crippen molar-refractivity contribution in [1.29, 1.82) is 0 Å². The number of ketones is 2. The summed E-state index contributed by atoms with van der Waals surface area (Å²) in [7, 11) is 0. The van der Waals surface area contributed by atoms with Crippen molar-refractivity contribution < 1.29 is 14.3 Å². The van der Waals surface area contributed by atoms with Gasteiger partial charge in [0.05, 0.1) is 12.0 Å². The van der Waals surface area contributed by atoms with E-state index in [0.29, 0.717) is 43.4 Å². The van der Waals surface area contributed by atoms with Gasteiger partial charge in [-0.3, -0.25) is 9.59 Å². The van der Waals surface area contributed by atoms with E-state index in [2.05, 4.69) is 19.7 Å². The van der Waals surface area contributed by atoms with Crippen LogP contribution in [-0.2, 0) is 9.53 Å². The lowest BCUT2D eigenvalue weighted by molar-refractivity contribution is -0.163. The lowest BCUT2D eigenvalue weighted by atomic mass is 9.42. The highest BCUT2D eigenvalue weighted by Gasteiger charge is 2.76. The minimum atomic E-state index is -1.05. The maximum Gasteiger partial charge on any atom is 0.189 e. The normalized spacial score (nSPS) is 35.4. The van der Waals surface area contributed by atoms with Crippen LogP contribution in [0.15, 0.2) is 79.9 Å². The maximum atomic E-state index is 13.8. The van der Waals surface area contributed by atoms with Crippen molar-refractivity contribution in [2.24, 2.45) is 16.7 Å². The molecule has 1 aliphatic heterocycles. The van der Waals surface area contributed by atoms with Gasteiger partial charge in [0.1, 0.15) is 5.60 Å². The highest BCUT2D eigenvalue weighted by Crippen LogP contribution is 2.70. The molecular formula is C25H26O3. The van der Waals surface area contributed by atoms with E-state index in [1.165, 1.54) is 0 Å². The van der Waals surface area contributed by atoms with Gasteiger partial charge in [0.15, 0.2) is 11.6 Å². The van der Waals surface area contributed by atoms with Crippen molar-refractivity contribution in [2.45, 2.75) is 31.3 Å². The molecule has 3 heteroatoms. The van der Waals surface area contributed by atoms with Crippen LogP contribution in [0.5, 0.6) is 0 Å². The van der Waals surface area contributed by atoms with Crippen molar-refractivity contribution in [3.63, 3.8) is 0 Å². The van der Waals surface area contributed by atoms with Gasteiger partial charge in [-0.2, -0.15) is 0 Å². The number of hydrogen-bond acceptors (Lipinski definition) is 3. The van der Waals surface area contributed by atoms with Crippen LogP contribution < -0.4 is 0 Å². The topological polar surface area (TPSA) is 43.4 Å². The number of benzene rings is 1. The lowest BCUT2D eigenvalue weighted by Gasteiger charge is -2.59. The Morgan fingerprint density at radius 1 is 1.07 bits per heavy atom. The first-order valence-electron chi connectivity index (χ1n) is 9.86. The molecule has 0 aromatic heterocycles. The van der Waals surface area contributed by atoms with Crippen molar-refractivity contribution in [1.82, 2.24) is 0 Å². The second kappa shape index (κ2) is 6.52. The zero-order valence-electron chi connectivity index (χ0n) is 16.2. The zero-order chi connectivity index (χ0) is 20.0. The summed E-state index contributed by atoms with van der Waals surface area (Å²) in [6, 6.07) is 9.29. The van der Waals surface area contributed by atoms with Crippen LogP contribution in [0.3, 0.4) is 0 Å². The average molecular weight is 374 g/mol. The molecule has 1 saturated carbocycles. The standard InChI is InChI=1S/C25H26O3/c1-4-12-23-15-19-17-28-25(14-6-3,22(23)27)24(19,13-5-2)20(16-23)21(26)18-10-8-7-9-11-18/h4-11,16,19H,1-3,12-15,17H2. The summed E-state index contributed by atoms with van der Waals surface area (Å²) < 4.78 is 6.30. The number of carbonyl (C=O) groups excluding carboxylic acids is 2. The Kier molecular flexibility index (Phi) is 4.39. The van der Waals surface area contributed by atoms with Crippen molar-refractivity contribution in [2.75, 3.05) is 6.61 Å². The molecule has 4 atom stereocenters. The van der Waals surface area contributed by atoms with E-state index >= 15 is 0 Å². The van der Waals surface area contributed by atoms with Crippen LogP contribution in [0, 0.1) is 16.7 Å². The van der Waals surface area contributed by atoms with Gasteiger partial charge in [-0.25, -0.2) is 0 Å². The van der Waals surface area contributed by atoms with E-state index in [1.54, 1.807) is 12.2 Å². The number of ether oxygens (including phenoxy) is 1. The van der Waals surface area contributed by atoms with Crippen LogP contribution in [0.2, 0.25) is 0 Å². The first-order chi connectivity index (χ1) is 13.5. The molecule has 1 aromatic carbocycles. The molecule has 28 heavy (non-hydrogen) atoms. The molecule has 3 aliphatic carbocycles. The predicted octanol–water partition coefficient (Wildman–Crippen LogP) is 4.87. The van der Waals surface area contributed by atoms with Crippen molar-refractivity contribution in [3.05, 3.63) is 85.5 Å². The molecule has 4 unspecified atom stereocenters. The van der Waals surface area contributed by atoms with E-state index in [0.717, 1.165) is 0 Å². The summed E-state index contributed by atoms with van der Waals surface area (Å²) in [6.07, 6.45) is 9.44. The van der Waals surface area contributed by atoms with Gasteiger partial charge in [-0.15, -0.1) is 19.7 Å². The highest BCUT2D eigenvalue weighted by molar-refractivity contribution is 6.14. The van der Waals surface area contributed by atoms with Gasteiger partial charge in [-0.1, -0.05) is 54.6 Å². The first-order valence-corrected chi connectivity index (χ1v) is 9.86. The van der Waals surface area contributed by atoms with Crippen LogP contribution >= 0.6 is 0 Å². The molecular weight excluding hydrogens is 348 g/mol. The van der Waals surface area contributed by atoms with Crippen LogP contribution in [0.4, 0.5) is 0 Å². The third-order valence-electron chi connectivity index (χ3n) is 6.97. The summed E-state index contributed by atoms with van der Waals surface area (Å²) in [5, 5.41) is 0. The summed E-state index contributed by atoms with van der Waals surface area (Å²) in [5.74, 6) is 0.141. The minimum absolute atomic E-state index is 0.0213. The molecule has 0 spiro atoms. The first kappa shape index (κ1) is 18.8. The molecule has 3 nitrogen and oxygen atoms in total. The fraction of sp³-hybridized carbons (Fsp3) is 0.360. The molecule has 0 N–H and O–H groups in total. The summed E-state index contributed by atoms with van der Waals surface area (Å²) in [6.45, 7) is 12.2. The lowest BCUT2D eigenvalue weighted by Crippen LogP contribution is -2.67. The van der Waals surface area contributed by atoms with Gasteiger partial charge in [0.2, 0.25) is 0 Å². The molecule has 4 aliphatic rings. The van der Waals surface area contributed by atoms with E-state index in [-0.39, 0.29) is 17.5 Å².